The maximum Gasteiger partial charge on any atom is 0.336 e. The summed E-state index contributed by atoms with van der Waals surface area (Å²) in [7, 11) is 0. The smallest absolute Gasteiger partial charge is 0.336 e. The van der Waals surface area contributed by atoms with Gasteiger partial charge in [-0.1, -0.05) is 6.07 Å². The van der Waals surface area contributed by atoms with Crippen molar-refractivity contribution in [2.45, 2.75) is 6.54 Å². The fourth-order valence-electron chi connectivity index (χ4n) is 1.57. The van der Waals surface area contributed by atoms with Crippen LogP contribution >= 0.6 is 0 Å². The van der Waals surface area contributed by atoms with Crippen molar-refractivity contribution in [2.24, 2.45) is 0 Å². The first-order valence-corrected chi connectivity index (χ1v) is 5.10. The SMILES string of the molecule is O=C(O)c1cc(F)ccc1Cn1cnccc1=O. The second-order valence-electron chi connectivity index (χ2n) is 3.65. The molecule has 18 heavy (non-hydrogen) atoms. The summed E-state index contributed by atoms with van der Waals surface area (Å²) >= 11 is 0. The molecule has 0 spiro atoms. The van der Waals surface area contributed by atoms with E-state index >= 15 is 0 Å². The summed E-state index contributed by atoms with van der Waals surface area (Å²) in [6, 6.07) is 4.70. The van der Waals surface area contributed by atoms with E-state index < -0.39 is 11.8 Å². The summed E-state index contributed by atoms with van der Waals surface area (Å²) in [6.07, 6.45) is 2.65. The maximum atomic E-state index is 13.0. The predicted octanol–water partition coefficient (Wildman–Crippen LogP) is 1.13. The Morgan fingerprint density at radius 2 is 2.17 bits per heavy atom. The quantitative estimate of drug-likeness (QED) is 0.883. The van der Waals surface area contributed by atoms with Gasteiger partial charge in [0.2, 0.25) is 0 Å². The highest BCUT2D eigenvalue weighted by Crippen LogP contribution is 2.12. The normalized spacial score (nSPS) is 10.3. The third kappa shape index (κ3) is 2.42. The van der Waals surface area contributed by atoms with Gasteiger partial charge in [-0.25, -0.2) is 14.2 Å². The number of hydrogen-bond acceptors (Lipinski definition) is 3. The summed E-state index contributed by atoms with van der Waals surface area (Å²) < 4.78 is 14.2. The average Bonchev–Trinajstić information content (AvgIpc) is 2.34. The molecule has 0 bridgehead atoms. The van der Waals surface area contributed by atoms with E-state index in [1.807, 2.05) is 0 Å². The number of nitrogens with zero attached hydrogens (tertiary/aromatic N) is 2. The van der Waals surface area contributed by atoms with E-state index in [-0.39, 0.29) is 17.7 Å². The highest BCUT2D eigenvalue weighted by atomic mass is 19.1. The van der Waals surface area contributed by atoms with Crippen molar-refractivity contribution in [1.82, 2.24) is 9.55 Å². The highest BCUT2D eigenvalue weighted by Gasteiger charge is 2.11. The molecule has 1 aromatic carbocycles. The van der Waals surface area contributed by atoms with Gasteiger partial charge in [-0.3, -0.25) is 9.36 Å². The Morgan fingerprint density at radius 3 is 2.83 bits per heavy atom. The van der Waals surface area contributed by atoms with Gasteiger partial charge < -0.3 is 5.11 Å². The average molecular weight is 248 g/mol. The van der Waals surface area contributed by atoms with Crippen LogP contribution in [0, 0.1) is 5.82 Å². The molecule has 1 N–H and O–H groups in total. The Morgan fingerprint density at radius 1 is 1.39 bits per heavy atom. The van der Waals surface area contributed by atoms with Crippen molar-refractivity contribution in [3.8, 4) is 0 Å². The summed E-state index contributed by atoms with van der Waals surface area (Å²) in [6.45, 7) is 0.0363. The van der Waals surface area contributed by atoms with Crippen LogP contribution in [0.25, 0.3) is 0 Å². The molecule has 1 aromatic heterocycles. The van der Waals surface area contributed by atoms with E-state index in [0.717, 1.165) is 12.1 Å². The molecule has 2 rings (SSSR count). The molecule has 0 aliphatic heterocycles. The molecule has 0 saturated carbocycles. The molecular formula is C12H9FN2O3. The van der Waals surface area contributed by atoms with Gasteiger partial charge in [-0.2, -0.15) is 0 Å². The van der Waals surface area contributed by atoms with E-state index in [2.05, 4.69) is 4.98 Å². The van der Waals surface area contributed by atoms with Crippen molar-refractivity contribution >= 4 is 5.97 Å². The van der Waals surface area contributed by atoms with Gasteiger partial charge in [0.25, 0.3) is 5.56 Å². The molecule has 6 heteroatoms. The first-order chi connectivity index (χ1) is 8.58. The summed E-state index contributed by atoms with van der Waals surface area (Å²) in [5.41, 5.74) is -0.115. The van der Waals surface area contributed by atoms with Crippen molar-refractivity contribution in [1.29, 1.82) is 0 Å². The van der Waals surface area contributed by atoms with Crippen LogP contribution < -0.4 is 5.56 Å². The fourth-order valence-corrected chi connectivity index (χ4v) is 1.57. The van der Waals surface area contributed by atoms with Crippen LogP contribution in [0.4, 0.5) is 4.39 Å². The van der Waals surface area contributed by atoms with Crippen LogP contribution in [0.1, 0.15) is 15.9 Å². The Hall–Kier alpha value is -2.50. The molecule has 5 nitrogen and oxygen atoms in total. The number of halogens is 1. The Bertz CT molecular complexity index is 652. The molecule has 0 saturated heterocycles. The van der Waals surface area contributed by atoms with Crippen molar-refractivity contribution in [3.05, 3.63) is 64.1 Å². The molecule has 0 radical (unpaired) electrons. The number of benzene rings is 1. The van der Waals surface area contributed by atoms with Gasteiger partial charge in [-0.15, -0.1) is 0 Å². The van der Waals surface area contributed by atoms with Crippen LogP contribution in [0.5, 0.6) is 0 Å². The van der Waals surface area contributed by atoms with Gasteiger partial charge in [0.1, 0.15) is 5.82 Å². The molecule has 0 aliphatic rings. The molecule has 0 amide bonds. The van der Waals surface area contributed by atoms with Crippen LogP contribution in [-0.2, 0) is 6.54 Å². The minimum Gasteiger partial charge on any atom is -0.478 e. The van der Waals surface area contributed by atoms with Crippen LogP contribution in [0.2, 0.25) is 0 Å². The second-order valence-corrected chi connectivity index (χ2v) is 3.65. The first kappa shape index (κ1) is 12.0. The van der Waals surface area contributed by atoms with Crippen molar-refractivity contribution in [3.63, 3.8) is 0 Å². The minimum absolute atomic E-state index is 0.0363. The number of rotatable bonds is 3. The van der Waals surface area contributed by atoms with Crippen molar-refractivity contribution < 1.29 is 14.3 Å². The van der Waals surface area contributed by atoms with Gasteiger partial charge in [0.05, 0.1) is 18.4 Å². The molecule has 1 heterocycles. The lowest BCUT2D eigenvalue weighted by Crippen LogP contribution is -2.20. The van der Waals surface area contributed by atoms with E-state index in [4.69, 9.17) is 5.11 Å². The molecular weight excluding hydrogens is 239 g/mol. The van der Waals surface area contributed by atoms with Crippen LogP contribution in [-0.4, -0.2) is 20.6 Å². The third-order valence-electron chi connectivity index (χ3n) is 2.44. The Balaban J connectivity index is 2.44. The Labute approximate surface area is 101 Å². The lowest BCUT2D eigenvalue weighted by atomic mass is 10.1. The van der Waals surface area contributed by atoms with E-state index in [0.29, 0.717) is 5.56 Å². The first-order valence-electron chi connectivity index (χ1n) is 5.10. The van der Waals surface area contributed by atoms with Gasteiger partial charge in [0, 0.05) is 12.3 Å². The predicted molar refractivity (Wildman–Crippen MR) is 61.0 cm³/mol. The summed E-state index contributed by atoms with van der Waals surface area (Å²) in [5.74, 6) is -1.86. The zero-order valence-electron chi connectivity index (χ0n) is 9.21. The van der Waals surface area contributed by atoms with E-state index in [9.17, 15) is 14.0 Å². The Kier molecular flexibility index (Phi) is 3.18. The lowest BCUT2D eigenvalue weighted by Gasteiger charge is -2.08. The number of carbonyl (C=O) groups is 1. The highest BCUT2D eigenvalue weighted by molar-refractivity contribution is 5.89. The van der Waals surface area contributed by atoms with Crippen molar-refractivity contribution in [2.75, 3.05) is 0 Å². The topological polar surface area (TPSA) is 72.2 Å². The molecule has 0 atom stereocenters. The molecule has 0 unspecified atom stereocenters. The number of carboxylic acid groups (broad SMARTS) is 1. The van der Waals surface area contributed by atoms with Gasteiger partial charge in [-0.05, 0) is 17.7 Å². The van der Waals surface area contributed by atoms with Crippen LogP contribution in [0.15, 0.2) is 41.6 Å². The van der Waals surface area contributed by atoms with E-state index in [1.165, 1.54) is 29.2 Å². The number of carboxylic acids is 1. The van der Waals surface area contributed by atoms with Crippen LogP contribution in [0.3, 0.4) is 0 Å². The number of aromatic carboxylic acids is 1. The summed E-state index contributed by atoms with van der Waals surface area (Å²) in [5, 5.41) is 8.97. The summed E-state index contributed by atoms with van der Waals surface area (Å²) in [4.78, 5) is 26.2. The minimum atomic E-state index is -1.23. The van der Waals surface area contributed by atoms with E-state index in [1.54, 1.807) is 0 Å². The van der Waals surface area contributed by atoms with Gasteiger partial charge in [0.15, 0.2) is 0 Å². The number of aromatic nitrogens is 2. The second kappa shape index (κ2) is 4.79. The molecule has 92 valence electrons. The third-order valence-corrected chi connectivity index (χ3v) is 2.44. The maximum absolute atomic E-state index is 13.0. The zero-order chi connectivity index (χ0) is 13.1. The monoisotopic (exact) mass is 248 g/mol. The molecule has 0 fully saturated rings. The number of hydrogen-bond donors (Lipinski definition) is 1. The molecule has 2 aromatic rings. The lowest BCUT2D eigenvalue weighted by molar-refractivity contribution is 0.0695. The molecule has 0 aliphatic carbocycles. The zero-order valence-corrected chi connectivity index (χ0v) is 9.21. The van der Waals surface area contributed by atoms with Gasteiger partial charge >= 0.3 is 5.97 Å². The standard InChI is InChI=1S/C12H9FN2O3/c13-9-2-1-8(10(5-9)12(17)18)6-15-7-14-4-3-11(15)16/h1-5,7H,6H2,(H,17,18). The largest absolute Gasteiger partial charge is 0.478 e. The fraction of sp³-hybridized carbons (Fsp3) is 0.0833.